The molecule has 2 aromatic rings. The number of nitrogens with one attached hydrogen (secondary N) is 1. The van der Waals surface area contributed by atoms with Gasteiger partial charge in [-0.2, -0.15) is 4.57 Å². The van der Waals surface area contributed by atoms with Crippen LogP contribution in [0, 0.1) is 24.0 Å². The van der Waals surface area contributed by atoms with Gasteiger partial charge in [-0.15, -0.1) is 6.58 Å². The number of nitro benzene ring substituents is 1. The van der Waals surface area contributed by atoms with Crippen LogP contribution in [0.5, 0.6) is 0 Å². The van der Waals surface area contributed by atoms with Crippen LogP contribution in [0.1, 0.15) is 27.5 Å². The van der Waals surface area contributed by atoms with E-state index in [9.17, 15) is 14.9 Å². The lowest BCUT2D eigenvalue weighted by Gasteiger charge is -2.14. The Kier molecular flexibility index (Phi) is 6.30. The van der Waals surface area contributed by atoms with Gasteiger partial charge in [0.05, 0.1) is 4.92 Å². The summed E-state index contributed by atoms with van der Waals surface area (Å²) in [6.07, 6.45) is 5.21. The molecule has 7 heteroatoms. The molecule has 1 heterocycles. The van der Waals surface area contributed by atoms with Crippen LogP contribution in [-0.4, -0.2) is 22.2 Å². The van der Waals surface area contributed by atoms with Gasteiger partial charge in [0, 0.05) is 35.4 Å². The molecule has 0 amide bonds. The number of pyridine rings is 1. The average molecular weight is 370 g/mol. The lowest BCUT2D eigenvalue weighted by molar-refractivity contribution is -0.692. The van der Waals surface area contributed by atoms with E-state index in [2.05, 4.69) is 11.9 Å². The molecule has 0 unspecified atom stereocenters. The van der Waals surface area contributed by atoms with Gasteiger partial charge in [-0.1, -0.05) is 30.4 Å². The van der Waals surface area contributed by atoms with Crippen molar-refractivity contribution < 1.29 is 14.3 Å². The topological polar surface area (TPSA) is 76.1 Å². The number of rotatable bonds is 7. The Morgan fingerprint density at radius 2 is 2.15 bits per heavy atom. The summed E-state index contributed by atoms with van der Waals surface area (Å²) in [7, 11) is 0. The predicted octanol–water partition coefficient (Wildman–Crippen LogP) is 3.03. The third kappa shape index (κ3) is 4.37. The van der Waals surface area contributed by atoms with E-state index in [4.69, 9.17) is 12.2 Å². The Bertz CT molecular complexity index is 880. The minimum absolute atomic E-state index is 0.0891. The van der Waals surface area contributed by atoms with Gasteiger partial charge in [0.2, 0.25) is 5.78 Å². The van der Waals surface area contributed by atoms with E-state index >= 15 is 0 Å². The predicted molar refractivity (Wildman–Crippen MR) is 103 cm³/mol. The molecule has 134 valence electrons. The van der Waals surface area contributed by atoms with E-state index in [0.717, 1.165) is 5.56 Å². The van der Waals surface area contributed by atoms with E-state index in [1.54, 1.807) is 35.9 Å². The van der Waals surface area contributed by atoms with Crippen molar-refractivity contribution in [2.75, 3.05) is 6.54 Å². The molecule has 6 nitrogen and oxygen atoms in total. The summed E-state index contributed by atoms with van der Waals surface area (Å²) in [5.41, 5.74) is 1.61. The van der Waals surface area contributed by atoms with Gasteiger partial charge in [-0.3, -0.25) is 14.9 Å². The molecule has 0 fully saturated rings. The molecule has 0 aliphatic heterocycles. The lowest BCUT2D eigenvalue weighted by Crippen LogP contribution is -2.51. The number of benzene rings is 1. The van der Waals surface area contributed by atoms with Crippen molar-refractivity contribution in [3.63, 3.8) is 0 Å². The molecule has 0 aliphatic carbocycles. The highest BCUT2D eigenvalue weighted by atomic mass is 32.1. The molecule has 26 heavy (non-hydrogen) atoms. The average Bonchev–Trinajstić information content (AvgIpc) is 2.60. The first-order chi connectivity index (χ1) is 12.3. The van der Waals surface area contributed by atoms with Gasteiger partial charge >= 0.3 is 0 Å². The van der Waals surface area contributed by atoms with Gasteiger partial charge in [0.25, 0.3) is 11.7 Å². The maximum absolute atomic E-state index is 13.2. The van der Waals surface area contributed by atoms with E-state index in [1.165, 1.54) is 6.07 Å². The zero-order chi connectivity index (χ0) is 19.3. The largest absolute Gasteiger partial charge is 0.370 e. The second-order valence-corrected chi connectivity index (χ2v) is 6.33. The van der Waals surface area contributed by atoms with E-state index < -0.39 is 11.0 Å². The molecule has 1 atom stereocenters. The third-order valence-electron chi connectivity index (χ3n) is 3.88. The molecule has 0 aliphatic rings. The Morgan fingerprint density at radius 1 is 1.42 bits per heavy atom. The summed E-state index contributed by atoms with van der Waals surface area (Å²) in [5.74, 6) is -0.315. The van der Waals surface area contributed by atoms with Crippen molar-refractivity contribution in [3.05, 3.63) is 82.2 Å². The number of aromatic nitrogens is 1. The number of ketones is 1. The minimum atomic E-state index is -0.799. The van der Waals surface area contributed by atoms with Gasteiger partial charge in [-0.05, 0) is 19.9 Å². The molecule has 1 aromatic carbocycles. The van der Waals surface area contributed by atoms with Crippen molar-refractivity contribution in [1.29, 1.82) is 0 Å². The number of hydrogen-bond donors (Lipinski definition) is 1. The van der Waals surface area contributed by atoms with Crippen LogP contribution < -0.4 is 9.88 Å². The Morgan fingerprint density at radius 3 is 2.77 bits per heavy atom. The van der Waals surface area contributed by atoms with Crippen molar-refractivity contribution in [2.45, 2.75) is 19.9 Å². The molecular formula is C19H20N3O3S+. The van der Waals surface area contributed by atoms with Crippen LogP contribution in [0.3, 0.4) is 0 Å². The number of nitro groups is 1. The Hall–Kier alpha value is -2.93. The normalized spacial score (nSPS) is 11.5. The monoisotopic (exact) mass is 370 g/mol. The number of carbonyl (C=O) groups excluding carboxylic acids is 1. The van der Waals surface area contributed by atoms with Gasteiger partial charge in [0.1, 0.15) is 0 Å². The quantitative estimate of drug-likeness (QED) is 0.202. The molecule has 1 N–H and O–H groups in total. The molecule has 0 saturated heterocycles. The first kappa shape index (κ1) is 19.4. The van der Waals surface area contributed by atoms with E-state index in [-0.39, 0.29) is 17.0 Å². The molecule has 0 saturated carbocycles. The summed E-state index contributed by atoms with van der Waals surface area (Å²) < 4.78 is 1.71. The number of nitrogens with zero attached hydrogens (tertiary/aromatic N) is 2. The summed E-state index contributed by atoms with van der Waals surface area (Å²) in [4.78, 5) is 24.2. The summed E-state index contributed by atoms with van der Waals surface area (Å²) in [5, 5.41) is 14.2. The van der Waals surface area contributed by atoms with Crippen LogP contribution in [0.4, 0.5) is 5.69 Å². The summed E-state index contributed by atoms with van der Waals surface area (Å²) >= 11 is 5.42. The summed E-state index contributed by atoms with van der Waals surface area (Å²) in [6, 6.07) is 7.40. The molecule has 2 rings (SSSR count). The maximum atomic E-state index is 13.2. The Balaban J connectivity index is 2.49. The SMILES string of the molecule is C=CCNC(=S)[C@@H](C(=O)c1ccc(C)c([N+](=O)[O-])c1)[n+]1cccc(C)c1. The van der Waals surface area contributed by atoms with Gasteiger partial charge in [0.15, 0.2) is 17.4 Å². The van der Waals surface area contributed by atoms with Crippen molar-refractivity contribution >= 4 is 28.7 Å². The number of hydrogen-bond acceptors (Lipinski definition) is 4. The zero-order valence-corrected chi connectivity index (χ0v) is 15.5. The van der Waals surface area contributed by atoms with Crippen LogP contribution in [0.15, 0.2) is 55.4 Å². The van der Waals surface area contributed by atoms with Crippen LogP contribution in [-0.2, 0) is 0 Å². The van der Waals surface area contributed by atoms with E-state index in [0.29, 0.717) is 17.1 Å². The van der Waals surface area contributed by atoms with Gasteiger partial charge < -0.3 is 5.32 Å². The van der Waals surface area contributed by atoms with Gasteiger partial charge in [-0.25, -0.2) is 0 Å². The number of carbonyl (C=O) groups is 1. The van der Waals surface area contributed by atoms with Crippen LogP contribution in [0.25, 0.3) is 0 Å². The van der Waals surface area contributed by atoms with Crippen molar-refractivity contribution in [3.8, 4) is 0 Å². The number of Topliss-reactive ketones (excluding diaryl/α,β-unsaturated/α-hetero) is 1. The standard InChI is InChI=1S/C19H19N3O3S/c1-4-9-20-19(26)17(21-10-5-6-13(2)12-21)18(23)15-8-7-14(3)16(11-15)22(24)25/h4-8,10-12,17H,1,9H2,2-3H3/p+1/t17-/m1/s1. The first-order valence-electron chi connectivity index (χ1n) is 8.00. The first-order valence-corrected chi connectivity index (χ1v) is 8.41. The number of aryl methyl sites for hydroxylation is 2. The fraction of sp³-hybridized carbons (Fsp3) is 0.211. The van der Waals surface area contributed by atoms with Crippen LogP contribution >= 0.6 is 12.2 Å². The highest BCUT2D eigenvalue weighted by molar-refractivity contribution is 7.80. The van der Waals surface area contributed by atoms with E-state index in [1.807, 2.05) is 25.3 Å². The summed E-state index contributed by atoms with van der Waals surface area (Å²) in [6.45, 7) is 7.60. The highest BCUT2D eigenvalue weighted by Crippen LogP contribution is 2.21. The smallest absolute Gasteiger partial charge is 0.273 e. The fourth-order valence-electron chi connectivity index (χ4n) is 2.55. The highest BCUT2D eigenvalue weighted by Gasteiger charge is 2.34. The van der Waals surface area contributed by atoms with Crippen molar-refractivity contribution in [1.82, 2.24) is 5.32 Å². The molecule has 1 aromatic heterocycles. The number of thiocarbonyl (C=S) groups is 1. The Labute approximate surface area is 157 Å². The fourth-order valence-corrected chi connectivity index (χ4v) is 2.86. The second-order valence-electron chi connectivity index (χ2n) is 5.89. The minimum Gasteiger partial charge on any atom is -0.370 e. The second kappa shape index (κ2) is 8.44. The van der Waals surface area contributed by atoms with Crippen LogP contribution in [0.2, 0.25) is 0 Å². The molecule has 0 spiro atoms. The molecule has 0 radical (unpaired) electrons. The van der Waals surface area contributed by atoms with Crippen molar-refractivity contribution in [2.24, 2.45) is 0 Å². The zero-order valence-electron chi connectivity index (χ0n) is 14.6. The lowest BCUT2D eigenvalue weighted by atomic mass is 10.0. The third-order valence-corrected chi connectivity index (χ3v) is 4.24. The molecular weight excluding hydrogens is 350 g/mol. The maximum Gasteiger partial charge on any atom is 0.273 e. The molecule has 0 bridgehead atoms.